The summed E-state index contributed by atoms with van der Waals surface area (Å²) in [6.45, 7) is 4.26. The van der Waals surface area contributed by atoms with Crippen LogP contribution in [0.3, 0.4) is 0 Å². The van der Waals surface area contributed by atoms with Gasteiger partial charge >= 0.3 is 0 Å². The quantitative estimate of drug-likeness (QED) is 0.391. The fourth-order valence-corrected chi connectivity index (χ4v) is 4.74. The molecule has 1 saturated heterocycles. The standard InChI is InChI=1S/C29H31N3O4/c1-21-6-11-27-31-24(18-32(27)17-21)19-36-26-5-3-4-22(16-26)28(33)30-20-29(12-14-35-15-13-29)23-7-9-25(34-2)10-8-23/h3-11,16-18H,12-15,19-20H2,1-2H3,(H,30,33). The minimum absolute atomic E-state index is 0.122. The Bertz CT molecular complexity index is 1340. The molecule has 3 heterocycles. The lowest BCUT2D eigenvalue weighted by molar-refractivity contribution is 0.0487. The second-order valence-electron chi connectivity index (χ2n) is 9.32. The smallest absolute Gasteiger partial charge is 0.251 e. The molecule has 4 aromatic rings. The van der Waals surface area contributed by atoms with Crippen LogP contribution >= 0.6 is 0 Å². The number of benzene rings is 2. The van der Waals surface area contributed by atoms with Gasteiger partial charge in [-0.2, -0.15) is 0 Å². The van der Waals surface area contributed by atoms with Gasteiger partial charge in [-0.25, -0.2) is 4.98 Å². The molecule has 1 aliphatic heterocycles. The number of ether oxygens (including phenoxy) is 3. The molecule has 0 spiro atoms. The lowest BCUT2D eigenvalue weighted by atomic mass is 9.74. The van der Waals surface area contributed by atoms with Gasteiger partial charge in [0.25, 0.3) is 5.91 Å². The van der Waals surface area contributed by atoms with E-state index in [1.165, 1.54) is 11.1 Å². The summed E-state index contributed by atoms with van der Waals surface area (Å²) >= 11 is 0. The van der Waals surface area contributed by atoms with Gasteiger partial charge in [-0.1, -0.05) is 24.3 Å². The number of amides is 1. The van der Waals surface area contributed by atoms with Crippen LogP contribution in [0.15, 0.2) is 73.1 Å². The Morgan fingerprint density at radius 1 is 1.06 bits per heavy atom. The topological polar surface area (TPSA) is 74.1 Å². The minimum atomic E-state index is -0.171. The van der Waals surface area contributed by atoms with E-state index in [1.807, 2.05) is 60.1 Å². The van der Waals surface area contributed by atoms with E-state index in [1.54, 1.807) is 19.2 Å². The second-order valence-corrected chi connectivity index (χ2v) is 9.32. The van der Waals surface area contributed by atoms with E-state index in [-0.39, 0.29) is 11.3 Å². The Kier molecular flexibility index (Phi) is 6.91. The van der Waals surface area contributed by atoms with Gasteiger partial charge in [-0.15, -0.1) is 0 Å². The number of carbonyl (C=O) groups is 1. The van der Waals surface area contributed by atoms with E-state index in [0.29, 0.717) is 37.7 Å². The van der Waals surface area contributed by atoms with Gasteiger partial charge < -0.3 is 23.9 Å². The number of nitrogens with one attached hydrogen (secondary N) is 1. The molecule has 0 radical (unpaired) electrons. The number of fused-ring (bicyclic) bond motifs is 1. The highest BCUT2D eigenvalue weighted by atomic mass is 16.5. The molecule has 1 amide bonds. The van der Waals surface area contributed by atoms with Gasteiger partial charge in [0.15, 0.2) is 0 Å². The maximum Gasteiger partial charge on any atom is 0.251 e. The van der Waals surface area contributed by atoms with Crippen LogP contribution in [-0.2, 0) is 16.8 Å². The minimum Gasteiger partial charge on any atom is -0.497 e. The number of rotatable bonds is 8. The Hall–Kier alpha value is -3.84. The van der Waals surface area contributed by atoms with Crippen molar-refractivity contribution in [3.63, 3.8) is 0 Å². The molecule has 0 saturated carbocycles. The average molecular weight is 486 g/mol. The zero-order valence-corrected chi connectivity index (χ0v) is 20.7. The number of hydrogen-bond donors (Lipinski definition) is 1. The summed E-state index contributed by atoms with van der Waals surface area (Å²) in [4.78, 5) is 17.7. The molecule has 2 aromatic heterocycles. The van der Waals surface area contributed by atoms with Gasteiger partial charge in [0.1, 0.15) is 23.8 Å². The molecule has 7 heteroatoms. The van der Waals surface area contributed by atoms with Crippen molar-refractivity contribution >= 4 is 11.6 Å². The number of pyridine rings is 1. The van der Waals surface area contributed by atoms with E-state index < -0.39 is 0 Å². The summed E-state index contributed by atoms with van der Waals surface area (Å²) in [7, 11) is 1.66. The second kappa shape index (κ2) is 10.4. The SMILES string of the molecule is COc1ccc(C2(CNC(=O)c3cccc(OCc4cn5cc(C)ccc5n4)c3)CCOCC2)cc1. The van der Waals surface area contributed by atoms with Gasteiger partial charge in [-0.05, 0) is 67.3 Å². The van der Waals surface area contributed by atoms with Crippen molar-refractivity contribution in [3.8, 4) is 11.5 Å². The Morgan fingerprint density at radius 2 is 1.86 bits per heavy atom. The van der Waals surface area contributed by atoms with Gasteiger partial charge in [0, 0.05) is 43.1 Å². The molecule has 186 valence electrons. The molecule has 1 aliphatic rings. The number of carbonyl (C=O) groups excluding carboxylic acids is 1. The lowest BCUT2D eigenvalue weighted by Crippen LogP contribution is -2.44. The van der Waals surface area contributed by atoms with Crippen LogP contribution < -0.4 is 14.8 Å². The highest BCUT2D eigenvalue weighted by Crippen LogP contribution is 2.35. The first-order valence-corrected chi connectivity index (χ1v) is 12.2. The zero-order chi connectivity index (χ0) is 25.0. The van der Waals surface area contributed by atoms with Crippen molar-refractivity contribution in [1.29, 1.82) is 0 Å². The normalized spacial score (nSPS) is 14.9. The third-order valence-electron chi connectivity index (χ3n) is 6.87. The highest BCUT2D eigenvalue weighted by Gasteiger charge is 2.35. The summed E-state index contributed by atoms with van der Waals surface area (Å²) in [5, 5.41) is 3.16. The summed E-state index contributed by atoms with van der Waals surface area (Å²) in [6, 6.07) is 19.4. The Balaban J connectivity index is 1.25. The molecule has 0 unspecified atom stereocenters. The third kappa shape index (κ3) is 5.21. The Morgan fingerprint density at radius 3 is 2.64 bits per heavy atom. The number of nitrogens with zero attached hydrogens (tertiary/aromatic N) is 2. The Labute approximate surface area is 211 Å². The maximum atomic E-state index is 13.1. The van der Waals surface area contributed by atoms with Crippen molar-refractivity contribution < 1.29 is 19.0 Å². The molecule has 0 aliphatic carbocycles. The molecule has 2 aromatic carbocycles. The first-order valence-electron chi connectivity index (χ1n) is 12.2. The maximum absolute atomic E-state index is 13.1. The summed E-state index contributed by atoms with van der Waals surface area (Å²) < 4.78 is 18.9. The van der Waals surface area contributed by atoms with Gasteiger partial charge in [0.05, 0.1) is 12.8 Å². The first kappa shape index (κ1) is 23.9. The van der Waals surface area contributed by atoms with Crippen molar-refractivity contribution in [3.05, 3.63) is 95.4 Å². The van der Waals surface area contributed by atoms with Crippen molar-refractivity contribution in [2.24, 2.45) is 0 Å². The molecular formula is C29H31N3O4. The molecular weight excluding hydrogens is 454 g/mol. The molecule has 1 N–H and O–H groups in total. The number of hydrogen-bond acceptors (Lipinski definition) is 5. The van der Waals surface area contributed by atoms with E-state index in [0.717, 1.165) is 29.9 Å². The van der Waals surface area contributed by atoms with E-state index in [9.17, 15) is 4.79 Å². The highest BCUT2D eigenvalue weighted by molar-refractivity contribution is 5.94. The van der Waals surface area contributed by atoms with Crippen molar-refractivity contribution in [1.82, 2.24) is 14.7 Å². The summed E-state index contributed by atoms with van der Waals surface area (Å²) in [6.07, 6.45) is 5.70. The van der Waals surface area contributed by atoms with Crippen LogP contribution in [0.4, 0.5) is 0 Å². The van der Waals surface area contributed by atoms with Crippen LogP contribution in [0, 0.1) is 6.92 Å². The number of imidazole rings is 1. The fourth-order valence-electron chi connectivity index (χ4n) is 4.74. The molecule has 36 heavy (non-hydrogen) atoms. The lowest BCUT2D eigenvalue weighted by Gasteiger charge is -2.38. The predicted octanol–water partition coefficient (Wildman–Crippen LogP) is 4.71. The predicted molar refractivity (Wildman–Crippen MR) is 138 cm³/mol. The monoisotopic (exact) mass is 485 g/mol. The molecule has 1 fully saturated rings. The van der Waals surface area contributed by atoms with Crippen LogP contribution in [-0.4, -0.2) is 42.2 Å². The average Bonchev–Trinajstić information content (AvgIpc) is 3.33. The number of aromatic nitrogens is 2. The van der Waals surface area contributed by atoms with Crippen molar-refractivity contribution in [2.75, 3.05) is 26.9 Å². The largest absolute Gasteiger partial charge is 0.497 e. The van der Waals surface area contributed by atoms with Crippen LogP contribution in [0.25, 0.3) is 5.65 Å². The van der Waals surface area contributed by atoms with Gasteiger partial charge in [0.2, 0.25) is 0 Å². The molecule has 7 nitrogen and oxygen atoms in total. The van der Waals surface area contributed by atoms with Crippen LogP contribution in [0.1, 0.15) is 40.0 Å². The van der Waals surface area contributed by atoms with E-state index in [4.69, 9.17) is 14.2 Å². The molecule has 0 bridgehead atoms. The van der Waals surface area contributed by atoms with E-state index >= 15 is 0 Å². The fraction of sp³-hybridized carbons (Fsp3) is 0.310. The van der Waals surface area contributed by atoms with Crippen LogP contribution in [0.2, 0.25) is 0 Å². The van der Waals surface area contributed by atoms with Crippen LogP contribution in [0.5, 0.6) is 11.5 Å². The zero-order valence-electron chi connectivity index (χ0n) is 20.7. The first-order chi connectivity index (χ1) is 17.5. The third-order valence-corrected chi connectivity index (χ3v) is 6.87. The van der Waals surface area contributed by atoms with Crippen molar-refractivity contribution in [2.45, 2.75) is 31.8 Å². The number of methoxy groups -OCH3 is 1. The summed E-state index contributed by atoms with van der Waals surface area (Å²) in [5.41, 5.74) is 4.46. The van der Waals surface area contributed by atoms with E-state index in [2.05, 4.69) is 22.4 Å². The molecule has 5 rings (SSSR count). The molecule has 0 atom stereocenters. The summed E-state index contributed by atoms with van der Waals surface area (Å²) in [5.74, 6) is 1.33. The number of aryl methyl sites for hydroxylation is 1. The van der Waals surface area contributed by atoms with Gasteiger partial charge in [-0.3, -0.25) is 4.79 Å².